The monoisotopic (exact) mass is 678 g/mol. The number of fused-ring (bicyclic) bond motifs is 2. The molecule has 1 aliphatic heterocycles. The lowest BCUT2D eigenvalue weighted by molar-refractivity contribution is -0.113. The summed E-state index contributed by atoms with van der Waals surface area (Å²) in [4.78, 5) is 33.5. The first-order valence-electron chi connectivity index (χ1n) is 14.9. The van der Waals surface area contributed by atoms with Gasteiger partial charge in [-0.15, -0.1) is 0 Å². The summed E-state index contributed by atoms with van der Waals surface area (Å²) in [7, 11) is 1.60. The van der Waals surface area contributed by atoms with E-state index in [1.165, 1.54) is 11.3 Å². The number of hydrogen-bond acceptors (Lipinski definition) is 5. The highest BCUT2D eigenvalue weighted by Gasteiger charge is 2.32. The van der Waals surface area contributed by atoms with Crippen LogP contribution in [0, 0.1) is 0 Å². The average molecular weight is 680 g/mol. The molecular weight excluding hydrogens is 651 g/mol. The Morgan fingerprint density at radius 2 is 1.74 bits per heavy atom. The normalized spacial score (nSPS) is 14.6. The molecule has 0 bridgehead atoms. The van der Waals surface area contributed by atoms with Crippen molar-refractivity contribution in [3.8, 4) is 5.75 Å². The molecule has 0 aliphatic carbocycles. The van der Waals surface area contributed by atoms with Crippen molar-refractivity contribution in [2.75, 3.05) is 12.4 Å². The van der Waals surface area contributed by atoms with Gasteiger partial charge in [-0.1, -0.05) is 89.1 Å². The number of anilines is 1. The van der Waals surface area contributed by atoms with E-state index < -0.39 is 6.04 Å². The van der Waals surface area contributed by atoms with Crippen LogP contribution in [0.3, 0.4) is 0 Å². The van der Waals surface area contributed by atoms with E-state index >= 15 is 0 Å². The van der Waals surface area contributed by atoms with E-state index in [1.807, 2.05) is 110 Å². The van der Waals surface area contributed by atoms with Crippen LogP contribution >= 0.6 is 34.5 Å². The van der Waals surface area contributed by atoms with Crippen molar-refractivity contribution in [2.45, 2.75) is 19.5 Å². The molecule has 1 atom stereocenters. The SMILES string of the molecule is COc1ccc([C@H]2C(C(=O)Nc3ccccc3)=C(C)N=c3s/c(=C/c4cn(Cc5ccc(Cl)cc5Cl)c5ccccc45)c(=O)n32)cc1. The molecule has 0 fully saturated rings. The van der Waals surface area contributed by atoms with E-state index in [9.17, 15) is 9.59 Å². The Kier molecular flexibility index (Phi) is 8.32. The van der Waals surface area contributed by atoms with Crippen molar-refractivity contribution in [1.82, 2.24) is 9.13 Å². The number of methoxy groups -OCH3 is 1. The van der Waals surface area contributed by atoms with Gasteiger partial charge < -0.3 is 14.6 Å². The Hall–Kier alpha value is -4.89. The van der Waals surface area contributed by atoms with Crippen LogP contribution in [0.15, 0.2) is 124 Å². The topological polar surface area (TPSA) is 77.6 Å². The molecule has 10 heteroatoms. The number of thiazole rings is 1. The number of nitrogens with one attached hydrogen (secondary N) is 1. The van der Waals surface area contributed by atoms with Crippen LogP contribution in [-0.4, -0.2) is 22.2 Å². The van der Waals surface area contributed by atoms with Crippen LogP contribution in [0.4, 0.5) is 5.69 Å². The molecule has 0 radical (unpaired) electrons. The molecule has 1 aliphatic rings. The quantitative estimate of drug-likeness (QED) is 0.194. The van der Waals surface area contributed by atoms with Gasteiger partial charge in [0.2, 0.25) is 0 Å². The molecule has 0 spiro atoms. The predicted octanol–water partition coefficient (Wildman–Crippen LogP) is 7.19. The second-order valence-corrected chi connectivity index (χ2v) is 13.0. The molecule has 6 aromatic rings. The summed E-state index contributed by atoms with van der Waals surface area (Å²) in [6, 6.07) is 29.5. The fourth-order valence-electron chi connectivity index (χ4n) is 5.93. The maximum Gasteiger partial charge on any atom is 0.271 e. The van der Waals surface area contributed by atoms with Crippen molar-refractivity contribution in [1.29, 1.82) is 0 Å². The van der Waals surface area contributed by atoms with Gasteiger partial charge in [0.1, 0.15) is 5.75 Å². The molecule has 0 saturated carbocycles. The third-order valence-electron chi connectivity index (χ3n) is 8.19. The lowest BCUT2D eigenvalue weighted by Gasteiger charge is -2.25. The van der Waals surface area contributed by atoms with Crippen molar-refractivity contribution in [2.24, 2.45) is 4.99 Å². The lowest BCUT2D eigenvalue weighted by Crippen LogP contribution is -2.40. The van der Waals surface area contributed by atoms with Gasteiger partial charge in [-0.05, 0) is 66.6 Å². The Morgan fingerprint density at radius 3 is 2.49 bits per heavy atom. The molecule has 7 rings (SSSR count). The van der Waals surface area contributed by atoms with Gasteiger partial charge in [0.15, 0.2) is 4.80 Å². The number of benzene rings is 4. The number of para-hydroxylation sites is 2. The maximum absolute atomic E-state index is 14.3. The second-order valence-electron chi connectivity index (χ2n) is 11.1. The van der Waals surface area contributed by atoms with Crippen LogP contribution in [0.2, 0.25) is 10.0 Å². The number of allylic oxidation sites excluding steroid dienone is 1. The molecule has 47 heavy (non-hydrogen) atoms. The first-order valence-corrected chi connectivity index (χ1v) is 16.4. The van der Waals surface area contributed by atoms with Crippen molar-refractivity contribution < 1.29 is 9.53 Å². The number of nitrogens with zero attached hydrogens (tertiary/aromatic N) is 3. The van der Waals surface area contributed by atoms with E-state index in [0.717, 1.165) is 27.6 Å². The summed E-state index contributed by atoms with van der Waals surface area (Å²) in [6.07, 6.45) is 3.93. The van der Waals surface area contributed by atoms with Gasteiger partial charge in [-0.2, -0.15) is 0 Å². The molecule has 234 valence electrons. The highest BCUT2D eigenvalue weighted by Crippen LogP contribution is 2.32. The van der Waals surface area contributed by atoms with Crippen LogP contribution in [0.1, 0.15) is 29.7 Å². The average Bonchev–Trinajstić information content (AvgIpc) is 3.58. The van der Waals surface area contributed by atoms with E-state index in [0.29, 0.717) is 48.6 Å². The van der Waals surface area contributed by atoms with E-state index in [4.69, 9.17) is 32.9 Å². The molecule has 0 unspecified atom stereocenters. The summed E-state index contributed by atoms with van der Waals surface area (Å²) in [6.45, 7) is 2.34. The molecule has 1 amide bonds. The Morgan fingerprint density at radius 1 is 1.00 bits per heavy atom. The van der Waals surface area contributed by atoms with Gasteiger partial charge in [0.05, 0.1) is 29.0 Å². The zero-order valence-corrected chi connectivity index (χ0v) is 27.7. The Bertz CT molecular complexity index is 2370. The number of carbonyl (C=O) groups excluding carboxylic acids is 1. The number of aromatic nitrogens is 2. The van der Waals surface area contributed by atoms with Crippen molar-refractivity contribution in [3.63, 3.8) is 0 Å². The summed E-state index contributed by atoms with van der Waals surface area (Å²) in [5.74, 6) is 0.352. The fraction of sp³-hybridized carbons (Fsp3) is 0.108. The third-order valence-corrected chi connectivity index (χ3v) is 9.76. The van der Waals surface area contributed by atoms with Crippen molar-refractivity contribution in [3.05, 3.63) is 161 Å². The molecular formula is C37H28Cl2N4O3S. The Labute approximate surface area is 284 Å². The van der Waals surface area contributed by atoms with Gasteiger partial charge in [0.25, 0.3) is 11.5 Å². The number of halogens is 2. The standard InChI is InChI=1S/C37H28Cl2N4O3S/c1-22-33(35(44)41-27-8-4-3-5-9-27)34(23-13-16-28(46-2)17-14-23)43-36(45)32(47-37(43)40-22)18-25-21-42(31-11-7-6-10-29(25)31)20-24-12-15-26(38)19-30(24)39/h3-19,21,34H,20H2,1-2H3,(H,41,44)/b32-18+/t34-/m0/s1. The van der Waals surface area contributed by atoms with Gasteiger partial charge in [-0.3, -0.25) is 14.2 Å². The number of carbonyl (C=O) groups is 1. The largest absolute Gasteiger partial charge is 0.497 e. The fourth-order valence-corrected chi connectivity index (χ4v) is 7.43. The van der Waals surface area contributed by atoms with Gasteiger partial charge in [-0.25, -0.2) is 4.99 Å². The molecule has 0 saturated heterocycles. The molecule has 7 nitrogen and oxygen atoms in total. The van der Waals surface area contributed by atoms with Crippen LogP contribution in [0.25, 0.3) is 17.0 Å². The second kappa shape index (κ2) is 12.7. The zero-order valence-electron chi connectivity index (χ0n) is 25.4. The third kappa shape index (κ3) is 5.91. The molecule has 1 N–H and O–H groups in total. The number of rotatable bonds is 7. The van der Waals surface area contributed by atoms with Crippen LogP contribution in [0.5, 0.6) is 5.75 Å². The van der Waals surface area contributed by atoms with Crippen LogP contribution in [-0.2, 0) is 11.3 Å². The summed E-state index contributed by atoms with van der Waals surface area (Å²) in [5.41, 5.74) is 4.95. The highest BCUT2D eigenvalue weighted by molar-refractivity contribution is 7.07. The zero-order chi connectivity index (χ0) is 32.7. The predicted molar refractivity (Wildman–Crippen MR) is 189 cm³/mol. The van der Waals surface area contributed by atoms with Crippen LogP contribution < -0.4 is 24.9 Å². The molecule has 3 heterocycles. The minimum atomic E-state index is -0.698. The summed E-state index contributed by atoms with van der Waals surface area (Å²) < 4.78 is 9.63. The first kappa shape index (κ1) is 30.7. The number of amides is 1. The maximum atomic E-state index is 14.3. The van der Waals surface area contributed by atoms with E-state index in [-0.39, 0.29) is 11.5 Å². The number of hydrogen-bond donors (Lipinski definition) is 1. The molecule has 4 aromatic carbocycles. The smallest absolute Gasteiger partial charge is 0.271 e. The van der Waals surface area contributed by atoms with Gasteiger partial charge >= 0.3 is 0 Å². The van der Waals surface area contributed by atoms with E-state index in [2.05, 4.69) is 9.88 Å². The number of ether oxygens (including phenoxy) is 1. The summed E-state index contributed by atoms with van der Waals surface area (Å²) >= 11 is 14.0. The minimum Gasteiger partial charge on any atom is -0.497 e. The first-order chi connectivity index (χ1) is 22.8. The summed E-state index contributed by atoms with van der Waals surface area (Å²) in [5, 5.41) is 5.15. The van der Waals surface area contributed by atoms with Crippen molar-refractivity contribution >= 4 is 63.1 Å². The lowest BCUT2D eigenvalue weighted by atomic mass is 9.95. The highest BCUT2D eigenvalue weighted by atomic mass is 35.5. The molecule has 2 aromatic heterocycles. The minimum absolute atomic E-state index is 0.232. The van der Waals surface area contributed by atoms with Gasteiger partial charge in [0, 0.05) is 44.9 Å². The Balaban J connectivity index is 1.35. The van der Waals surface area contributed by atoms with E-state index in [1.54, 1.807) is 17.7 Å².